The molecular weight excluding hydrogens is 412 g/mol. The lowest BCUT2D eigenvalue weighted by molar-refractivity contribution is 0.103. The molecule has 0 amide bonds. The summed E-state index contributed by atoms with van der Waals surface area (Å²) in [6.07, 6.45) is 7.82. The first kappa shape index (κ1) is 20.7. The first-order valence-corrected chi connectivity index (χ1v) is 10.8. The molecule has 1 aliphatic rings. The topological polar surface area (TPSA) is 61.3 Å². The second-order valence-electron chi connectivity index (χ2n) is 8.02. The summed E-state index contributed by atoms with van der Waals surface area (Å²) in [5.41, 5.74) is 4.11. The molecule has 4 aromatic rings. The fourth-order valence-electron chi connectivity index (χ4n) is 3.85. The Morgan fingerprint density at radius 3 is 2.39 bits per heavy atom. The van der Waals surface area contributed by atoms with Gasteiger partial charge in [-0.2, -0.15) is 0 Å². The molecule has 0 spiro atoms. The Morgan fingerprint density at radius 2 is 1.73 bits per heavy atom. The van der Waals surface area contributed by atoms with Crippen molar-refractivity contribution in [2.75, 3.05) is 13.7 Å². The van der Waals surface area contributed by atoms with E-state index in [2.05, 4.69) is 35.2 Å². The fourth-order valence-corrected chi connectivity index (χ4v) is 3.85. The number of nitrogens with zero attached hydrogens (tertiary/aromatic N) is 2. The lowest BCUT2D eigenvalue weighted by Gasteiger charge is -2.11. The van der Waals surface area contributed by atoms with Crippen LogP contribution in [0.5, 0.6) is 11.5 Å². The zero-order valence-corrected chi connectivity index (χ0v) is 18.2. The second-order valence-corrected chi connectivity index (χ2v) is 8.02. The van der Waals surface area contributed by atoms with Crippen LogP contribution in [0.1, 0.15) is 40.5 Å². The minimum Gasteiger partial charge on any atom is -0.497 e. The third kappa shape index (κ3) is 4.28. The summed E-state index contributed by atoms with van der Waals surface area (Å²) in [4.78, 5) is 22.5. The smallest absolute Gasteiger partial charge is 0.230 e. The number of carbonyl (C=O) groups excluding carboxylic acids is 1. The Labute approximate surface area is 192 Å². The van der Waals surface area contributed by atoms with Crippen LogP contribution in [0.4, 0.5) is 0 Å². The van der Waals surface area contributed by atoms with Gasteiger partial charge in [-0.1, -0.05) is 30.2 Å². The van der Waals surface area contributed by atoms with E-state index in [1.807, 2.05) is 12.1 Å². The normalized spacial score (nSPS) is 12.8. The molecule has 0 atom stereocenters. The van der Waals surface area contributed by atoms with Crippen LogP contribution >= 0.6 is 0 Å². The van der Waals surface area contributed by atoms with Crippen molar-refractivity contribution in [3.8, 4) is 35.1 Å². The number of methoxy groups -OCH3 is 1. The summed E-state index contributed by atoms with van der Waals surface area (Å²) >= 11 is 0. The monoisotopic (exact) mass is 434 g/mol. The van der Waals surface area contributed by atoms with Gasteiger partial charge in [0.05, 0.1) is 18.3 Å². The van der Waals surface area contributed by atoms with Gasteiger partial charge in [0.15, 0.2) is 0 Å². The summed E-state index contributed by atoms with van der Waals surface area (Å²) in [5.74, 6) is 4.35. The largest absolute Gasteiger partial charge is 0.497 e. The SMILES string of the molecule is C#CCOc1ccc2nc(C(=O)c3ccc(OC)cc3)nc(-c3ccc(C4CC4)cc3)c2c1. The number of carbonyl (C=O) groups is 1. The Hall–Kier alpha value is -4.17. The fraction of sp³-hybridized carbons (Fsp3) is 0.179. The first-order valence-electron chi connectivity index (χ1n) is 10.8. The molecule has 0 N–H and O–H groups in total. The summed E-state index contributed by atoms with van der Waals surface area (Å²) < 4.78 is 10.8. The van der Waals surface area contributed by atoms with E-state index in [1.165, 1.54) is 18.4 Å². The van der Waals surface area contributed by atoms with Gasteiger partial charge in [-0.25, -0.2) is 9.97 Å². The van der Waals surface area contributed by atoms with Crippen LogP contribution in [-0.4, -0.2) is 29.5 Å². The van der Waals surface area contributed by atoms with E-state index in [9.17, 15) is 4.79 Å². The highest BCUT2D eigenvalue weighted by molar-refractivity contribution is 6.08. The molecule has 0 saturated heterocycles. The van der Waals surface area contributed by atoms with Gasteiger partial charge in [-0.15, -0.1) is 6.42 Å². The van der Waals surface area contributed by atoms with Gasteiger partial charge in [-0.05, 0) is 66.8 Å². The van der Waals surface area contributed by atoms with Crippen molar-refractivity contribution in [1.82, 2.24) is 9.97 Å². The molecule has 5 nitrogen and oxygen atoms in total. The quantitative estimate of drug-likeness (QED) is 0.287. The molecular formula is C28H22N2O3. The van der Waals surface area contributed by atoms with Gasteiger partial charge in [0.1, 0.15) is 18.1 Å². The molecule has 1 aromatic heterocycles. The van der Waals surface area contributed by atoms with Crippen LogP contribution in [0, 0.1) is 12.3 Å². The van der Waals surface area contributed by atoms with Crippen molar-refractivity contribution in [3.63, 3.8) is 0 Å². The van der Waals surface area contributed by atoms with E-state index >= 15 is 0 Å². The number of aromatic nitrogens is 2. The zero-order chi connectivity index (χ0) is 22.8. The van der Waals surface area contributed by atoms with Crippen molar-refractivity contribution in [2.24, 2.45) is 0 Å². The molecule has 5 heteroatoms. The summed E-state index contributed by atoms with van der Waals surface area (Å²) in [6, 6.07) is 20.8. The van der Waals surface area contributed by atoms with Gasteiger partial charge in [-0.3, -0.25) is 4.79 Å². The average Bonchev–Trinajstić information content (AvgIpc) is 3.72. The number of ether oxygens (including phenoxy) is 2. The van der Waals surface area contributed by atoms with Crippen molar-refractivity contribution >= 4 is 16.7 Å². The number of terminal acetylenes is 1. The van der Waals surface area contributed by atoms with Crippen LogP contribution in [0.15, 0.2) is 66.7 Å². The van der Waals surface area contributed by atoms with Crippen molar-refractivity contribution in [1.29, 1.82) is 0 Å². The molecule has 1 heterocycles. The van der Waals surface area contributed by atoms with Crippen LogP contribution in [-0.2, 0) is 0 Å². The molecule has 0 unspecified atom stereocenters. The molecule has 0 bridgehead atoms. The molecule has 0 radical (unpaired) electrons. The summed E-state index contributed by atoms with van der Waals surface area (Å²) in [5, 5.41) is 0.801. The molecule has 1 aliphatic carbocycles. The number of fused-ring (bicyclic) bond motifs is 1. The molecule has 162 valence electrons. The second kappa shape index (κ2) is 8.76. The van der Waals surface area contributed by atoms with E-state index in [0.717, 1.165) is 10.9 Å². The Bertz CT molecular complexity index is 1370. The highest BCUT2D eigenvalue weighted by Gasteiger charge is 2.23. The Morgan fingerprint density at radius 1 is 1.00 bits per heavy atom. The number of hydrogen-bond acceptors (Lipinski definition) is 5. The van der Waals surface area contributed by atoms with E-state index < -0.39 is 0 Å². The average molecular weight is 434 g/mol. The predicted molar refractivity (Wildman–Crippen MR) is 128 cm³/mol. The maximum Gasteiger partial charge on any atom is 0.230 e. The third-order valence-corrected chi connectivity index (χ3v) is 5.78. The minimum atomic E-state index is -0.247. The molecule has 33 heavy (non-hydrogen) atoms. The molecule has 1 fully saturated rings. The molecule has 1 saturated carbocycles. The lowest BCUT2D eigenvalue weighted by atomic mass is 10.0. The molecule has 3 aromatic carbocycles. The van der Waals surface area contributed by atoms with Crippen molar-refractivity contribution < 1.29 is 14.3 Å². The molecule has 0 aliphatic heterocycles. The minimum absolute atomic E-state index is 0.145. The lowest BCUT2D eigenvalue weighted by Crippen LogP contribution is -2.09. The van der Waals surface area contributed by atoms with Crippen LogP contribution < -0.4 is 9.47 Å². The Kier molecular flexibility index (Phi) is 5.50. The van der Waals surface area contributed by atoms with Crippen molar-refractivity contribution in [3.05, 3.63) is 83.7 Å². The summed E-state index contributed by atoms with van der Waals surface area (Å²) in [6.45, 7) is 0.172. The highest BCUT2D eigenvalue weighted by atomic mass is 16.5. The van der Waals surface area contributed by atoms with Gasteiger partial charge in [0, 0.05) is 16.5 Å². The maximum absolute atomic E-state index is 13.2. The van der Waals surface area contributed by atoms with Gasteiger partial charge in [0.2, 0.25) is 11.6 Å². The van der Waals surface area contributed by atoms with Gasteiger partial charge < -0.3 is 9.47 Å². The highest BCUT2D eigenvalue weighted by Crippen LogP contribution is 2.40. The van der Waals surface area contributed by atoms with E-state index in [1.54, 1.807) is 37.4 Å². The van der Waals surface area contributed by atoms with E-state index in [-0.39, 0.29) is 18.2 Å². The van der Waals surface area contributed by atoms with Crippen LogP contribution in [0.3, 0.4) is 0 Å². The number of ketones is 1. The van der Waals surface area contributed by atoms with Crippen LogP contribution in [0.25, 0.3) is 22.2 Å². The van der Waals surface area contributed by atoms with E-state index in [0.29, 0.717) is 34.2 Å². The third-order valence-electron chi connectivity index (χ3n) is 5.78. The Balaban J connectivity index is 1.61. The number of hydrogen-bond donors (Lipinski definition) is 0. The first-order chi connectivity index (χ1) is 16.2. The standard InChI is InChI=1S/C28H22N2O3/c1-3-16-33-23-14-15-25-24(17-23)26(20-8-6-19(7-9-20)18-4-5-18)30-28(29-25)27(31)21-10-12-22(32-2)13-11-21/h1,6-15,17-18H,4-5,16H2,2H3. The predicted octanol–water partition coefficient (Wildman–Crippen LogP) is 5.43. The van der Waals surface area contributed by atoms with Gasteiger partial charge in [0.25, 0.3) is 0 Å². The maximum atomic E-state index is 13.2. The van der Waals surface area contributed by atoms with Gasteiger partial charge >= 0.3 is 0 Å². The van der Waals surface area contributed by atoms with E-state index in [4.69, 9.17) is 20.9 Å². The number of benzene rings is 3. The van der Waals surface area contributed by atoms with Crippen LogP contribution in [0.2, 0.25) is 0 Å². The van der Waals surface area contributed by atoms with Crippen molar-refractivity contribution in [2.45, 2.75) is 18.8 Å². The number of rotatable bonds is 7. The zero-order valence-electron chi connectivity index (χ0n) is 18.2. The molecule has 5 rings (SSSR count). The summed E-state index contributed by atoms with van der Waals surface area (Å²) in [7, 11) is 1.59.